The van der Waals surface area contributed by atoms with Crippen molar-refractivity contribution in [2.75, 3.05) is 38.1 Å². The van der Waals surface area contributed by atoms with E-state index in [9.17, 15) is 4.79 Å². The number of guanidine groups is 1. The van der Waals surface area contributed by atoms with Crippen LogP contribution in [-0.2, 0) is 11.3 Å². The third-order valence-corrected chi connectivity index (χ3v) is 5.64. The quantitative estimate of drug-likeness (QED) is 0.274. The largest absolute Gasteiger partial charge is 0.354 e. The molecular formula is C23H40IN5O. The number of halogens is 1. The predicted octanol–water partition coefficient (Wildman–Crippen LogP) is 4.00. The second-order valence-electron chi connectivity index (χ2n) is 7.81. The van der Waals surface area contributed by atoms with Gasteiger partial charge in [0.05, 0.1) is 0 Å². The molecular weight excluding hydrogens is 489 g/mol. The third-order valence-electron chi connectivity index (χ3n) is 5.64. The lowest BCUT2D eigenvalue weighted by molar-refractivity contribution is -0.119. The van der Waals surface area contributed by atoms with Crippen LogP contribution in [0.15, 0.2) is 29.3 Å². The summed E-state index contributed by atoms with van der Waals surface area (Å²) in [6, 6.07) is 8.65. The van der Waals surface area contributed by atoms with Crippen molar-refractivity contribution in [3.63, 3.8) is 0 Å². The fourth-order valence-corrected chi connectivity index (χ4v) is 3.72. The number of nitrogens with one attached hydrogen (secondary N) is 2. The van der Waals surface area contributed by atoms with Crippen LogP contribution in [0, 0.1) is 0 Å². The highest BCUT2D eigenvalue weighted by Gasteiger charge is 2.19. The van der Waals surface area contributed by atoms with E-state index in [4.69, 9.17) is 0 Å². The SMILES string of the molecule is CCN(CC)CCCC(C)NC(=NC)NCc1ccc(N2CCCCC2=O)cc1.I. The number of aliphatic imine (C=N–C) groups is 1. The Hall–Kier alpha value is -1.35. The fraction of sp³-hybridized carbons (Fsp3) is 0.652. The summed E-state index contributed by atoms with van der Waals surface area (Å²) < 4.78 is 0. The Balaban J connectivity index is 0.00000450. The van der Waals surface area contributed by atoms with Gasteiger partial charge >= 0.3 is 0 Å². The molecule has 1 fully saturated rings. The second-order valence-corrected chi connectivity index (χ2v) is 7.81. The summed E-state index contributed by atoms with van der Waals surface area (Å²) in [7, 11) is 1.81. The maximum Gasteiger partial charge on any atom is 0.226 e. The van der Waals surface area contributed by atoms with Crippen LogP contribution in [0.1, 0.15) is 58.4 Å². The molecule has 0 radical (unpaired) electrons. The summed E-state index contributed by atoms with van der Waals surface area (Å²) in [6.07, 6.45) is 5.07. The molecule has 2 rings (SSSR count). The number of amides is 1. The standard InChI is InChI=1S/C23H39N5O.HI/c1-5-27(6-2)16-9-10-19(3)26-23(24-4)25-18-20-12-14-21(15-13-20)28-17-8-7-11-22(28)29;/h12-15,19H,5-11,16-18H2,1-4H3,(H2,24,25,26);1H. The molecule has 6 nitrogen and oxygen atoms in total. The zero-order valence-corrected chi connectivity index (χ0v) is 21.4. The van der Waals surface area contributed by atoms with E-state index in [1.54, 1.807) is 0 Å². The first-order valence-corrected chi connectivity index (χ1v) is 11.2. The number of nitrogens with zero attached hydrogens (tertiary/aromatic N) is 3. The van der Waals surface area contributed by atoms with Gasteiger partial charge in [-0.1, -0.05) is 26.0 Å². The van der Waals surface area contributed by atoms with Crippen molar-refractivity contribution in [2.24, 2.45) is 4.99 Å². The molecule has 1 amide bonds. The van der Waals surface area contributed by atoms with E-state index < -0.39 is 0 Å². The predicted molar refractivity (Wildman–Crippen MR) is 138 cm³/mol. The van der Waals surface area contributed by atoms with Gasteiger partial charge in [0.25, 0.3) is 0 Å². The van der Waals surface area contributed by atoms with Crippen LogP contribution in [0.2, 0.25) is 0 Å². The highest BCUT2D eigenvalue weighted by Crippen LogP contribution is 2.21. The van der Waals surface area contributed by atoms with E-state index in [0.717, 1.165) is 57.1 Å². The van der Waals surface area contributed by atoms with Gasteiger partial charge in [-0.15, -0.1) is 24.0 Å². The number of carbonyl (C=O) groups is 1. The number of hydrogen-bond acceptors (Lipinski definition) is 3. The minimum atomic E-state index is 0. The normalized spacial score (nSPS) is 15.7. The van der Waals surface area contributed by atoms with Crippen molar-refractivity contribution in [3.8, 4) is 0 Å². The van der Waals surface area contributed by atoms with E-state index >= 15 is 0 Å². The van der Waals surface area contributed by atoms with Crippen LogP contribution < -0.4 is 15.5 Å². The maximum atomic E-state index is 12.1. The van der Waals surface area contributed by atoms with Crippen LogP contribution in [0.4, 0.5) is 5.69 Å². The lowest BCUT2D eigenvalue weighted by Crippen LogP contribution is -2.42. The van der Waals surface area contributed by atoms with Gasteiger partial charge in [0, 0.05) is 38.3 Å². The fourth-order valence-electron chi connectivity index (χ4n) is 3.72. The Bertz CT molecular complexity index is 645. The van der Waals surface area contributed by atoms with Crippen molar-refractivity contribution < 1.29 is 4.79 Å². The minimum Gasteiger partial charge on any atom is -0.354 e. The molecule has 0 spiro atoms. The van der Waals surface area contributed by atoms with Crippen LogP contribution >= 0.6 is 24.0 Å². The van der Waals surface area contributed by atoms with Gasteiger partial charge in [0.15, 0.2) is 5.96 Å². The highest BCUT2D eigenvalue weighted by molar-refractivity contribution is 14.0. The van der Waals surface area contributed by atoms with E-state index in [1.165, 1.54) is 12.0 Å². The summed E-state index contributed by atoms with van der Waals surface area (Å²) in [6.45, 7) is 11.6. The average Bonchev–Trinajstić information content (AvgIpc) is 2.75. The molecule has 0 saturated carbocycles. The molecule has 1 aromatic rings. The molecule has 0 bridgehead atoms. The van der Waals surface area contributed by atoms with Gasteiger partial charge in [-0.25, -0.2) is 0 Å². The lowest BCUT2D eigenvalue weighted by Gasteiger charge is -2.27. The van der Waals surface area contributed by atoms with Crippen molar-refractivity contribution in [2.45, 2.75) is 65.5 Å². The first-order chi connectivity index (χ1) is 14.1. The molecule has 7 heteroatoms. The van der Waals surface area contributed by atoms with Gasteiger partial charge in [-0.2, -0.15) is 0 Å². The molecule has 1 saturated heterocycles. The van der Waals surface area contributed by atoms with Gasteiger partial charge in [-0.3, -0.25) is 9.79 Å². The zero-order valence-electron chi connectivity index (χ0n) is 19.1. The van der Waals surface area contributed by atoms with E-state index in [-0.39, 0.29) is 29.9 Å². The molecule has 0 aromatic heterocycles. The molecule has 1 aliphatic heterocycles. The smallest absolute Gasteiger partial charge is 0.226 e. The topological polar surface area (TPSA) is 60.0 Å². The monoisotopic (exact) mass is 529 g/mol. The summed E-state index contributed by atoms with van der Waals surface area (Å²) in [4.78, 5) is 20.8. The molecule has 0 aliphatic carbocycles. The van der Waals surface area contributed by atoms with Gasteiger partial charge in [0.1, 0.15) is 0 Å². The molecule has 1 aliphatic rings. The summed E-state index contributed by atoms with van der Waals surface area (Å²) in [5.41, 5.74) is 2.18. The van der Waals surface area contributed by atoms with E-state index in [2.05, 4.69) is 53.4 Å². The Morgan fingerprint density at radius 1 is 1.20 bits per heavy atom. The van der Waals surface area contributed by atoms with Crippen molar-refractivity contribution in [1.29, 1.82) is 0 Å². The first kappa shape index (κ1) is 26.7. The Kier molecular flexibility index (Phi) is 13.0. The molecule has 30 heavy (non-hydrogen) atoms. The number of benzene rings is 1. The van der Waals surface area contributed by atoms with Crippen molar-refractivity contribution in [1.82, 2.24) is 15.5 Å². The van der Waals surface area contributed by atoms with E-state index in [1.807, 2.05) is 24.1 Å². The number of rotatable bonds is 10. The van der Waals surface area contributed by atoms with Crippen molar-refractivity contribution >= 4 is 41.5 Å². The Morgan fingerprint density at radius 3 is 2.50 bits per heavy atom. The summed E-state index contributed by atoms with van der Waals surface area (Å²) in [5.74, 6) is 1.07. The summed E-state index contributed by atoms with van der Waals surface area (Å²) in [5, 5.41) is 6.88. The molecule has 1 atom stereocenters. The molecule has 170 valence electrons. The maximum absolute atomic E-state index is 12.1. The molecule has 1 unspecified atom stereocenters. The Labute approximate surface area is 199 Å². The van der Waals surface area contributed by atoms with Gasteiger partial charge in [0.2, 0.25) is 5.91 Å². The van der Waals surface area contributed by atoms with Crippen LogP contribution in [0.25, 0.3) is 0 Å². The molecule has 2 N–H and O–H groups in total. The van der Waals surface area contributed by atoms with Gasteiger partial charge < -0.3 is 20.4 Å². The molecule has 1 aromatic carbocycles. The lowest BCUT2D eigenvalue weighted by atomic mass is 10.1. The highest BCUT2D eigenvalue weighted by atomic mass is 127. The van der Waals surface area contributed by atoms with Crippen LogP contribution in [0.5, 0.6) is 0 Å². The van der Waals surface area contributed by atoms with Crippen LogP contribution in [0.3, 0.4) is 0 Å². The van der Waals surface area contributed by atoms with Gasteiger partial charge in [-0.05, 0) is 69.9 Å². The number of anilines is 1. The number of carbonyl (C=O) groups excluding carboxylic acids is 1. The second kappa shape index (κ2) is 14.6. The van der Waals surface area contributed by atoms with Crippen LogP contribution in [-0.4, -0.2) is 56.0 Å². The molecule has 1 heterocycles. The average molecular weight is 530 g/mol. The first-order valence-electron chi connectivity index (χ1n) is 11.2. The Morgan fingerprint density at radius 2 is 1.90 bits per heavy atom. The summed E-state index contributed by atoms with van der Waals surface area (Å²) >= 11 is 0. The zero-order chi connectivity index (χ0) is 21.1. The number of hydrogen-bond donors (Lipinski definition) is 2. The third kappa shape index (κ3) is 8.79. The number of piperidine rings is 1. The minimum absolute atomic E-state index is 0. The van der Waals surface area contributed by atoms with E-state index in [0.29, 0.717) is 19.0 Å². The van der Waals surface area contributed by atoms with Crippen molar-refractivity contribution in [3.05, 3.63) is 29.8 Å².